The number of aromatic hydroxyl groups is 1. The minimum absolute atomic E-state index is 0. The molecule has 0 unspecified atom stereocenters. The molecule has 0 fully saturated rings. The van der Waals surface area contributed by atoms with Crippen LogP contribution in [-0.2, 0) is 6.42 Å². The third-order valence-corrected chi connectivity index (χ3v) is 3.00. The predicted octanol–water partition coefficient (Wildman–Crippen LogP) is -1.81. The molecule has 9 heteroatoms. The van der Waals surface area contributed by atoms with Gasteiger partial charge in [-0.1, -0.05) is 6.08 Å². The average Bonchev–Trinajstić information content (AvgIpc) is 2.82. The van der Waals surface area contributed by atoms with E-state index in [9.17, 15) is 5.11 Å². The number of allylic oxidation sites excluding steroid dienone is 1. The molecule has 1 aromatic heterocycles. The van der Waals surface area contributed by atoms with Crippen molar-refractivity contribution in [2.24, 2.45) is 5.10 Å². The van der Waals surface area contributed by atoms with Crippen molar-refractivity contribution in [1.29, 1.82) is 0 Å². The molecule has 4 N–H and O–H groups in total. The fraction of sp³-hybridized carbons (Fsp3) is 0.214. The predicted molar refractivity (Wildman–Crippen MR) is 84.7 cm³/mol. The highest BCUT2D eigenvalue weighted by atomic mass is 35.5. The van der Waals surface area contributed by atoms with E-state index in [2.05, 4.69) is 27.3 Å². The van der Waals surface area contributed by atoms with Gasteiger partial charge in [0.15, 0.2) is 17.3 Å². The number of aryl methyl sites for hydroxylation is 1. The number of methoxy groups -OCH3 is 1. The monoisotopic (exact) mass is 337 g/mol. The van der Waals surface area contributed by atoms with Crippen LogP contribution in [0, 0.1) is 6.92 Å². The number of ether oxygens (including phenoxy) is 1. The molecule has 1 aromatic carbocycles. The zero-order valence-electron chi connectivity index (χ0n) is 12.8. The first-order valence-electron chi connectivity index (χ1n) is 6.53. The van der Waals surface area contributed by atoms with Crippen LogP contribution >= 0.6 is 0 Å². The Bertz CT molecular complexity index is 714. The molecule has 2 rings (SSSR count). The largest absolute Gasteiger partial charge is 1.00 e. The summed E-state index contributed by atoms with van der Waals surface area (Å²) in [5, 5.41) is 21.7. The number of hydrogen-bond donors (Lipinski definition) is 3. The van der Waals surface area contributed by atoms with Gasteiger partial charge in [-0.3, -0.25) is 0 Å². The normalized spacial score (nSPS) is 10.3. The van der Waals surface area contributed by atoms with Crippen LogP contribution in [0.1, 0.15) is 17.0 Å². The van der Waals surface area contributed by atoms with Gasteiger partial charge in [0.25, 0.3) is 5.95 Å². The van der Waals surface area contributed by atoms with Crippen molar-refractivity contribution >= 4 is 12.2 Å². The Hall–Kier alpha value is -2.74. The van der Waals surface area contributed by atoms with Crippen LogP contribution in [0.25, 0.3) is 0 Å². The summed E-state index contributed by atoms with van der Waals surface area (Å²) < 4.78 is 6.44. The van der Waals surface area contributed by atoms with Crippen molar-refractivity contribution in [1.82, 2.24) is 14.9 Å². The molecule has 0 aliphatic rings. The number of halogens is 1. The number of anilines is 1. The number of nitrogens with one attached hydrogen (secondary N) is 1. The molecule has 0 saturated carbocycles. The number of nitrogens with zero attached hydrogens (tertiary/aromatic N) is 4. The Morgan fingerprint density at radius 3 is 2.78 bits per heavy atom. The number of phenolic OH excluding ortho intramolecular Hbond substituents is 1. The lowest BCUT2D eigenvalue weighted by molar-refractivity contribution is -0.00000588. The van der Waals surface area contributed by atoms with Crippen molar-refractivity contribution in [3.63, 3.8) is 0 Å². The van der Waals surface area contributed by atoms with E-state index >= 15 is 0 Å². The average molecular weight is 338 g/mol. The number of hydrogen-bond acceptors (Lipinski definition) is 7. The first-order valence-corrected chi connectivity index (χ1v) is 6.53. The molecular weight excluding hydrogens is 320 g/mol. The van der Waals surface area contributed by atoms with Gasteiger partial charge >= 0.3 is 0 Å². The van der Waals surface area contributed by atoms with Crippen LogP contribution in [0.3, 0.4) is 0 Å². The van der Waals surface area contributed by atoms with Crippen LogP contribution in [0.5, 0.6) is 11.5 Å². The molecule has 0 bridgehead atoms. The standard InChI is InChI=1S/C14H18N6O2.ClH/c1-4-5-11-6-10(7-12(22-3)13(11)21)8-16-18-14-19-17-9(2)20(14)15;/h4,6-8,21H,1,5,15H2,2-3H3,(H,18,19);1H/p-1/b16-8+;. The molecule has 0 saturated heterocycles. The molecular formula is C14H18ClN6O2-. The Morgan fingerprint density at radius 2 is 2.22 bits per heavy atom. The van der Waals surface area contributed by atoms with Crippen molar-refractivity contribution in [2.75, 3.05) is 18.4 Å². The molecule has 124 valence electrons. The van der Waals surface area contributed by atoms with E-state index in [4.69, 9.17) is 10.6 Å². The molecule has 0 atom stereocenters. The Labute approximate surface area is 140 Å². The van der Waals surface area contributed by atoms with E-state index in [0.29, 0.717) is 29.5 Å². The smallest absolute Gasteiger partial charge is 0.263 e. The Balaban J connectivity index is 0.00000264. The maximum atomic E-state index is 10.0. The summed E-state index contributed by atoms with van der Waals surface area (Å²) in [7, 11) is 1.49. The summed E-state index contributed by atoms with van der Waals surface area (Å²) >= 11 is 0. The fourth-order valence-electron chi connectivity index (χ4n) is 1.84. The van der Waals surface area contributed by atoms with Crippen LogP contribution in [-0.4, -0.2) is 33.3 Å². The number of nitrogens with two attached hydrogens (primary N) is 1. The van der Waals surface area contributed by atoms with E-state index in [-0.39, 0.29) is 18.2 Å². The lowest BCUT2D eigenvalue weighted by Gasteiger charge is -2.09. The second kappa shape index (κ2) is 8.04. The van der Waals surface area contributed by atoms with E-state index in [1.54, 1.807) is 31.3 Å². The van der Waals surface area contributed by atoms with Gasteiger partial charge in [0.2, 0.25) is 0 Å². The lowest BCUT2D eigenvalue weighted by atomic mass is 10.1. The summed E-state index contributed by atoms with van der Waals surface area (Å²) in [5.74, 6) is 7.07. The van der Waals surface area contributed by atoms with Crippen LogP contribution in [0.2, 0.25) is 0 Å². The maximum absolute atomic E-state index is 10.0. The number of rotatable bonds is 6. The summed E-state index contributed by atoms with van der Waals surface area (Å²) in [4.78, 5) is 0. The van der Waals surface area contributed by atoms with Crippen molar-refractivity contribution in [3.05, 3.63) is 41.7 Å². The van der Waals surface area contributed by atoms with Gasteiger partial charge in [0, 0.05) is 5.56 Å². The topological polar surface area (TPSA) is 111 Å². The van der Waals surface area contributed by atoms with E-state index in [1.807, 2.05) is 0 Å². The van der Waals surface area contributed by atoms with E-state index in [0.717, 1.165) is 5.56 Å². The second-order valence-electron chi connectivity index (χ2n) is 4.53. The van der Waals surface area contributed by atoms with Crippen LogP contribution in [0.15, 0.2) is 29.9 Å². The minimum atomic E-state index is 0. The molecule has 1 heterocycles. The van der Waals surface area contributed by atoms with Crippen molar-refractivity contribution < 1.29 is 22.3 Å². The quantitative estimate of drug-likeness (QED) is 0.248. The second-order valence-corrected chi connectivity index (χ2v) is 4.53. The number of hydrazone groups is 1. The summed E-state index contributed by atoms with van der Waals surface area (Å²) in [6.45, 7) is 5.40. The molecule has 0 aliphatic carbocycles. The van der Waals surface area contributed by atoms with E-state index in [1.165, 1.54) is 11.8 Å². The zero-order valence-corrected chi connectivity index (χ0v) is 13.6. The summed E-state index contributed by atoms with van der Waals surface area (Å²) in [6.07, 6.45) is 3.79. The first-order chi connectivity index (χ1) is 10.6. The van der Waals surface area contributed by atoms with Crippen LogP contribution < -0.4 is 28.4 Å². The molecule has 8 nitrogen and oxygen atoms in total. The van der Waals surface area contributed by atoms with Crippen molar-refractivity contribution in [2.45, 2.75) is 13.3 Å². The maximum Gasteiger partial charge on any atom is 0.263 e. The van der Waals surface area contributed by atoms with Gasteiger partial charge in [0.1, 0.15) is 0 Å². The van der Waals surface area contributed by atoms with E-state index < -0.39 is 0 Å². The number of phenols is 1. The number of nitrogen functional groups attached to an aromatic ring is 1. The third kappa shape index (κ3) is 4.13. The molecule has 0 amide bonds. The Morgan fingerprint density at radius 1 is 1.48 bits per heavy atom. The van der Waals surface area contributed by atoms with Gasteiger partial charge in [-0.15, -0.1) is 16.8 Å². The molecule has 2 aromatic rings. The van der Waals surface area contributed by atoms with Gasteiger partial charge in [-0.2, -0.15) is 5.10 Å². The van der Waals surface area contributed by atoms with Gasteiger partial charge in [-0.05, 0) is 31.0 Å². The number of benzene rings is 1. The minimum Gasteiger partial charge on any atom is -1.00 e. The van der Waals surface area contributed by atoms with Gasteiger partial charge in [0.05, 0.1) is 13.3 Å². The SMILES string of the molecule is C=CCc1cc(/C=N/Nc2nnc(C)n2N)cc(OC)c1O.[Cl-]. The highest BCUT2D eigenvalue weighted by Gasteiger charge is 2.09. The molecule has 0 spiro atoms. The summed E-state index contributed by atoms with van der Waals surface area (Å²) in [6, 6.07) is 3.47. The van der Waals surface area contributed by atoms with Gasteiger partial charge in [-0.25, -0.2) is 10.1 Å². The van der Waals surface area contributed by atoms with Crippen LogP contribution in [0.4, 0.5) is 5.95 Å². The highest BCUT2D eigenvalue weighted by molar-refractivity contribution is 5.82. The highest BCUT2D eigenvalue weighted by Crippen LogP contribution is 2.31. The Kier molecular flexibility index (Phi) is 6.40. The van der Waals surface area contributed by atoms with Gasteiger partial charge < -0.3 is 28.1 Å². The molecule has 0 aliphatic heterocycles. The molecule has 0 radical (unpaired) electrons. The lowest BCUT2D eigenvalue weighted by Crippen LogP contribution is -3.00. The zero-order chi connectivity index (χ0) is 16.1. The third-order valence-electron chi connectivity index (χ3n) is 3.00. The first kappa shape index (κ1) is 18.3. The molecule has 23 heavy (non-hydrogen) atoms. The number of aromatic nitrogens is 3. The fourth-order valence-corrected chi connectivity index (χ4v) is 1.84. The summed E-state index contributed by atoms with van der Waals surface area (Å²) in [5.41, 5.74) is 4.15. The van der Waals surface area contributed by atoms with Crippen molar-refractivity contribution in [3.8, 4) is 11.5 Å².